The number of nitrogens with one attached hydrogen (secondary N) is 1. The van der Waals surface area contributed by atoms with E-state index in [0.717, 1.165) is 25.9 Å². The number of thiophene rings is 1. The van der Waals surface area contributed by atoms with Gasteiger partial charge in [-0.1, -0.05) is 6.07 Å². The van der Waals surface area contributed by atoms with E-state index in [0.29, 0.717) is 6.54 Å². The zero-order valence-electron chi connectivity index (χ0n) is 12.5. The summed E-state index contributed by atoms with van der Waals surface area (Å²) in [5.41, 5.74) is 0.0468. The van der Waals surface area contributed by atoms with Crippen LogP contribution in [0.4, 0.5) is 4.79 Å². The van der Waals surface area contributed by atoms with E-state index in [1.165, 1.54) is 4.88 Å². The van der Waals surface area contributed by atoms with Gasteiger partial charge in [0, 0.05) is 43.4 Å². The third-order valence-corrected chi connectivity index (χ3v) is 5.44. The number of nitrogens with zero attached hydrogens (tertiary/aromatic N) is 2. The average Bonchev–Trinajstić information content (AvgIpc) is 2.83. The maximum absolute atomic E-state index is 12.3. The molecule has 5 nitrogen and oxygen atoms in total. The number of amides is 3. The minimum Gasteiger partial charge on any atom is -0.351 e. The van der Waals surface area contributed by atoms with E-state index in [2.05, 4.69) is 5.32 Å². The van der Waals surface area contributed by atoms with E-state index in [9.17, 15) is 9.59 Å². The molecule has 1 aliphatic heterocycles. The molecular weight excluding hydrogens is 286 g/mol. The number of hydrogen-bond acceptors (Lipinski definition) is 3. The van der Waals surface area contributed by atoms with Gasteiger partial charge in [-0.25, -0.2) is 4.79 Å². The highest BCUT2D eigenvalue weighted by atomic mass is 32.1. The Hall–Kier alpha value is -1.56. The maximum atomic E-state index is 12.3. The Labute approximate surface area is 128 Å². The van der Waals surface area contributed by atoms with Crippen molar-refractivity contribution in [3.8, 4) is 0 Å². The first-order chi connectivity index (χ1) is 10.0. The fraction of sp³-hybridized carbons (Fsp3) is 0.600. The van der Waals surface area contributed by atoms with Crippen LogP contribution < -0.4 is 5.32 Å². The van der Waals surface area contributed by atoms with Crippen LogP contribution in [-0.2, 0) is 11.3 Å². The second kappa shape index (κ2) is 5.33. The summed E-state index contributed by atoms with van der Waals surface area (Å²) in [6.45, 7) is 2.11. The van der Waals surface area contributed by atoms with Crippen molar-refractivity contribution < 1.29 is 9.59 Å². The second-order valence-corrected chi connectivity index (χ2v) is 7.30. The molecule has 1 saturated carbocycles. The predicted molar refractivity (Wildman–Crippen MR) is 82.0 cm³/mol. The largest absolute Gasteiger partial charge is 0.351 e. The summed E-state index contributed by atoms with van der Waals surface area (Å²) in [6, 6.07) is 4.07. The molecule has 1 spiro atoms. The lowest BCUT2D eigenvalue weighted by molar-refractivity contribution is -0.123. The summed E-state index contributed by atoms with van der Waals surface area (Å²) in [5, 5.41) is 5.04. The number of likely N-dealkylation sites (tertiary alicyclic amines) is 1. The molecule has 1 aliphatic carbocycles. The van der Waals surface area contributed by atoms with Crippen molar-refractivity contribution in [3.05, 3.63) is 22.4 Å². The van der Waals surface area contributed by atoms with Crippen molar-refractivity contribution in [3.63, 3.8) is 0 Å². The summed E-state index contributed by atoms with van der Waals surface area (Å²) in [6.07, 6.45) is 1.87. The topological polar surface area (TPSA) is 52.7 Å². The first-order valence-corrected chi connectivity index (χ1v) is 8.16. The predicted octanol–water partition coefficient (Wildman–Crippen LogP) is 1.76. The molecule has 1 saturated heterocycles. The third kappa shape index (κ3) is 2.77. The molecule has 3 rings (SSSR count). The van der Waals surface area contributed by atoms with Crippen LogP contribution in [0.25, 0.3) is 0 Å². The van der Waals surface area contributed by atoms with E-state index in [4.69, 9.17) is 0 Å². The van der Waals surface area contributed by atoms with Gasteiger partial charge in [0.15, 0.2) is 0 Å². The van der Waals surface area contributed by atoms with Crippen LogP contribution in [0.1, 0.15) is 17.7 Å². The Morgan fingerprint density at radius 3 is 3.00 bits per heavy atom. The summed E-state index contributed by atoms with van der Waals surface area (Å²) in [4.78, 5) is 28.9. The molecule has 1 aromatic rings. The van der Waals surface area contributed by atoms with Crippen molar-refractivity contribution in [1.82, 2.24) is 15.1 Å². The van der Waals surface area contributed by atoms with Gasteiger partial charge in [-0.3, -0.25) is 4.79 Å². The standard InChI is InChI=1S/C15H21N3O2S/c1-17(2)14(20)18-6-5-15(10-18)8-12(15)13(19)16-9-11-4-3-7-21-11/h3-4,7,12H,5-6,8-10H2,1-2H3,(H,16,19). The van der Waals surface area contributed by atoms with Crippen LogP contribution >= 0.6 is 11.3 Å². The Balaban J connectivity index is 1.51. The molecule has 6 heteroatoms. The zero-order chi connectivity index (χ0) is 15.0. The van der Waals surface area contributed by atoms with Crippen molar-refractivity contribution >= 4 is 23.3 Å². The average molecular weight is 307 g/mol. The van der Waals surface area contributed by atoms with Gasteiger partial charge in [-0.2, -0.15) is 0 Å². The van der Waals surface area contributed by atoms with Gasteiger partial charge in [0.2, 0.25) is 5.91 Å². The molecule has 1 N–H and O–H groups in total. The number of carbonyl (C=O) groups is 2. The van der Waals surface area contributed by atoms with E-state index >= 15 is 0 Å². The summed E-state index contributed by atoms with van der Waals surface area (Å²) in [7, 11) is 3.54. The molecule has 2 aliphatic rings. The number of carbonyl (C=O) groups excluding carboxylic acids is 2. The molecule has 2 atom stereocenters. The lowest BCUT2D eigenvalue weighted by atomic mass is 10.0. The molecule has 0 bridgehead atoms. The van der Waals surface area contributed by atoms with Crippen LogP contribution in [0.5, 0.6) is 0 Å². The highest BCUT2D eigenvalue weighted by Gasteiger charge is 2.61. The van der Waals surface area contributed by atoms with Crippen molar-refractivity contribution in [2.75, 3.05) is 27.2 Å². The molecule has 2 unspecified atom stereocenters. The molecule has 3 amide bonds. The Morgan fingerprint density at radius 2 is 2.33 bits per heavy atom. The highest BCUT2D eigenvalue weighted by Crippen LogP contribution is 2.58. The smallest absolute Gasteiger partial charge is 0.319 e. The van der Waals surface area contributed by atoms with Gasteiger partial charge >= 0.3 is 6.03 Å². The summed E-state index contributed by atoms with van der Waals surface area (Å²) in [5.74, 6) is 0.222. The van der Waals surface area contributed by atoms with Crippen LogP contribution in [-0.4, -0.2) is 48.9 Å². The lowest BCUT2D eigenvalue weighted by Gasteiger charge is -2.21. The molecule has 0 aromatic carbocycles. The molecular formula is C15H21N3O2S. The normalized spacial score (nSPS) is 27.0. The van der Waals surface area contributed by atoms with Gasteiger partial charge < -0.3 is 15.1 Å². The van der Waals surface area contributed by atoms with Gasteiger partial charge in [0.1, 0.15) is 0 Å². The number of hydrogen-bond donors (Lipinski definition) is 1. The first-order valence-electron chi connectivity index (χ1n) is 7.28. The van der Waals surface area contributed by atoms with Crippen LogP contribution in [0.2, 0.25) is 0 Å². The van der Waals surface area contributed by atoms with Crippen LogP contribution in [0, 0.1) is 11.3 Å². The molecule has 114 valence electrons. The minimum atomic E-state index is 0.0468. The second-order valence-electron chi connectivity index (χ2n) is 6.26. The van der Waals surface area contributed by atoms with E-state index in [1.807, 2.05) is 22.4 Å². The fourth-order valence-electron chi connectivity index (χ4n) is 3.22. The maximum Gasteiger partial charge on any atom is 0.319 e. The highest BCUT2D eigenvalue weighted by molar-refractivity contribution is 7.09. The molecule has 21 heavy (non-hydrogen) atoms. The third-order valence-electron chi connectivity index (χ3n) is 4.56. The number of urea groups is 1. The number of rotatable bonds is 3. The molecule has 1 aromatic heterocycles. The quantitative estimate of drug-likeness (QED) is 0.925. The van der Waals surface area contributed by atoms with Gasteiger partial charge in [0.05, 0.1) is 6.54 Å². The minimum absolute atomic E-state index is 0.0468. The first kappa shape index (κ1) is 14.4. The molecule has 2 heterocycles. The van der Waals surface area contributed by atoms with Crippen LogP contribution in [0.3, 0.4) is 0 Å². The monoisotopic (exact) mass is 307 g/mol. The molecule has 2 fully saturated rings. The van der Waals surface area contributed by atoms with E-state index in [1.54, 1.807) is 30.3 Å². The Morgan fingerprint density at radius 1 is 1.52 bits per heavy atom. The van der Waals surface area contributed by atoms with Gasteiger partial charge in [0.25, 0.3) is 0 Å². The van der Waals surface area contributed by atoms with E-state index < -0.39 is 0 Å². The van der Waals surface area contributed by atoms with Crippen molar-refractivity contribution in [2.45, 2.75) is 19.4 Å². The Kier molecular flexibility index (Phi) is 3.65. The van der Waals surface area contributed by atoms with Crippen LogP contribution in [0.15, 0.2) is 17.5 Å². The van der Waals surface area contributed by atoms with Gasteiger partial charge in [-0.15, -0.1) is 11.3 Å². The summed E-state index contributed by atoms with van der Waals surface area (Å²) < 4.78 is 0. The molecule has 0 radical (unpaired) electrons. The lowest BCUT2D eigenvalue weighted by Crippen LogP contribution is -2.38. The van der Waals surface area contributed by atoms with E-state index in [-0.39, 0.29) is 23.3 Å². The van der Waals surface area contributed by atoms with Crippen molar-refractivity contribution in [2.24, 2.45) is 11.3 Å². The zero-order valence-corrected chi connectivity index (χ0v) is 13.3. The van der Waals surface area contributed by atoms with Gasteiger partial charge in [-0.05, 0) is 24.3 Å². The fourth-order valence-corrected chi connectivity index (χ4v) is 3.87. The summed E-state index contributed by atoms with van der Waals surface area (Å²) >= 11 is 1.66. The SMILES string of the molecule is CN(C)C(=O)N1CCC2(CC2C(=O)NCc2cccs2)C1. The van der Waals surface area contributed by atoms with Crippen molar-refractivity contribution in [1.29, 1.82) is 0 Å². The Bertz CT molecular complexity index is 543.